The number of hydrogen-bond acceptors (Lipinski definition) is 2. The van der Waals surface area contributed by atoms with E-state index in [2.05, 4.69) is 19.2 Å². The van der Waals surface area contributed by atoms with Crippen LogP contribution in [0.15, 0.2) is 24.3 Å². The Hall–Kier alpha value is -1.51. The second-order valence-corrected chi connectivity index (χ2v) is 4.28. The highest BCUT2D eigenvalue weighted by Crippen LogP contribution is 2.15. The van der Waals surface area contributed by atoms with E-state index in [0.29, 0.717) is 11.6 Å². The summed E-state index contributed by atoms with van der Waals surface area (Å²) >= 11 is 0. The normalized spacial score (nSPS) is 12.1. The Bertz CT molecular complexity index is 363. The lowest BCUT2D eigenvalue weighted by molar-refractivity contribution is 0.0697. The lowest BCUT2D eigenvalue weighted by Gasteiger charge is -2.18. The second-order valence-electron chi connectivity index (χ2n) is 4.28. The third-order valence-electron chi connectivity index (χ3n) is 2.88. The van der Waals surface area contributed by atoms with Gasteiger partial charge in [0.1, 0.15) is 0 Å². The number of anilines is 1. The van der Waals surface area contributed by atoms with Crippen molar-refractivity contribution in [3.05, 3.63) is 29.8 Å². The smallest absolute Gasteiger partial charge is 0.335 e. The molecule has 3 heteroatoms. The van der Waals surface area contributed by atoms with E-state index in [-0.39, 0.29) is 0 Å². The molecular weight excluding hydrogens is 214 g/mol. The highest BCUT2D eigenvalue weighted by atomic mass is 16.4. The summed E-state index contributed by atoms with van der Waals surface area (Å²) in [6, 6.07) is 7.43. The number of rotatable bonds is 7. The van der Waals surface area contributed by atoms with E-state index < -0.39 is 5.97 Å². The predicted octanol–water partition coefficient (Wildman–Crippen LogP) is 3.77. The van der Waals surface area contributed by atoms with E-state index in [1.165, 1.54) is 12.8 Å². The van der Waals surface area contributed by atoms with Gasteiger partial charge in [0.2, 0.25) is 0 Å². The van der Waals surface area contributed by atoms with Crippen LogP contribution < -0.4 is 5.32 Å². The Morgan fingerprint density at radius 2 is 2.18 bits per heavy atom. The molecule has 1 rings (SSSR count). The van der Waals surface area contributed by atoms with Gasteiger partial charge >= 0.3 is 5.97 Å². The topological polar surface area (TPSA) is 49.3 Å². The fourth-order valence-corrected chi connectivity index (χ4v) is 1.81. The summed E-state index contributed by atoms with van der Waals surface area (Å²) in [5.74, 6) is -0.879. The minimum atomic E-state index is -0.879. The summed E-state index contributed by atoms with van der Waals surface area (Å²) in [4.78, 5) is 10.9. The molecule has 0 aliphatic heterocycles. The second kappa shape index (κ2) is 6.94. The molecule has 0 fully saturated rings. The van der Waals surface area contributed by atoms with Crippen LogP contribution in [-0.2, 0) is 0 Å². The summed E-state index contributed by atoms with van der Waals surface area (Å²) in [7, 11) is 0. The van der Waals surface area contributed by atoms with Crippen LogP contribution in [0.3, 0.4) is 0 Å². The number of carbonyl (C=O) groups is 1. The van der Waals surface area contributed by atoms with Crippen molar-refractivity contribution in [2.75, 3.05) is 5.32 Å². The number of unbranched alkanes of at least 4 members (excludes halogenated alkanes) is 1. The summed E-state index contributed by atoms with van der Waals surface area (Å²) < 4.78 is 0. The summed E-state index contributed by atoms with van der Waals surface area (Å²) in [6.45, 7) is 4.33. The zero-order valence-electron chi connectivity index (χ0n) is 10.6. The van der Waals surface area contributed by atoms with Gasteiger partial charge in [-0.2, -0.15) is 0 Å². The third kappa shape index (κ3) is 4.47. The fourth-order valence-electron chi connectivity index (χ4n) is 1.81. The zero-order chi connectivity index (χ0) is 12.7. The largest absolute Gasteiger partial charge is 0.478 e. The Morgan fingerprint density at radius 3 is 2.76 bits per heavy atom. The molecule has 0 spiro atoms. The monoisotopic (exact) mass is 235 g/mol. The molecule has 0 saturated carbocycles. The molecule has 1 aromatic rings. The van der Waals surface area contributed by atoms with E-state index in [0.717, 1.165) is 18.5 Å². The zero-order valence-corrected chi connectivity index (χ0v) is 10.6. The van der Waals surface area contributed by atoms with Crippen molar-refractivity contribution in [3.63, 3.8) is 0 Å². The molecule has 0 bridgehead atoms. The molecule has 3 nitrogen and oxygen atoms in total. The molecule has 0 heterocycles. The predicted molar refractivity (Wildman–Crippen MR) is 70.6 cm³/mol. The minimum Gasteiger partial charge on any atom is -0.478 e. The van der Waals surface area contributed by atoms with Crippen molar-refractivity contribution in [2.45, 2.75) is 45.6 Å². The highest BCUT2D eigenvalue weighted by molar-refractivity contribution is 5.88. The van der Waals surface area contributed by atoms with Crippen LogP contribution >= 0.6 is 0 Å². The van der Waals surface area contributed by atoms with Gasteiger partial charge in [-0.25, -0.2) is 4.79 Å². The Balaban J connectivity index is 2.65. The number of benzene rings is 1. The summed E-state index contributed by atoms with van der Waals surface area (Å²) in [5.41, 5.74) is 1.23. The van der Waals surface area contributed by atoms with E-state index in [4.69, 9.17) is 5.11 Å². The van der Waals surface area contributed by atoms with Crippen molar-refractivity contribution in [1.82, 2.24) is 0 Å². The molecule has 1 unspecified atom stereocenters. The molecule has 0 amide bonds. The number of aromatic carboxylic acids is 1. The van der Waals surface area contributed by atoms with Crippen LogP contribution in [0, 0.1) is 0 Å². The van der Waals surface area contributed by atoms with Crippen molar-refractivity contribution < 1.29 is 9.90 Å². The molecule has 0 aliphatic carbocycles. The maximum atomic E-state index is 10.9. The Labute approximate surface area is 103 Å². The van der Waals surface area contributed by atoms with Gasteiger partial charge in [0, 0.05) is 11.7 Å². The van der Waals surface area contributed by atoms with Crippen LogP contribution in [0.25, 0.3) is 0 Å². The van der Waals surface area contributed by atoms with Gasteiger partial charge < -0.3 is 10.4 Å². The highest BCUT2D eigenvalue weighted by Gasteiger charge is 2.07. The molecule has 94 valence electrons. The molecule has 2 N–H and O–H groups in total. The number of carboxylic acids is 1. The average molecular weight is 235 g/mol. The van der Waals surface area contributed by atoms with Gasteiger partial charge in [-0.3, -0.25) is 0 Å². The standard InChI is InChI=1S/C14H21NO2/c1-3-5-8-12(4-2)15-13-9-6-7-11(10-13)14(16)17/h6-7,9-10,12,15H,3-5,8H2,1-2H3,(H,16,17). The van der Waals surface area contributed by atoms with Crippen molar-refractivity contribution in [3.8, 4) is 0 Å². The molecule has 0 saturated heterocycles. The van der Waals surface area contributed by atoms with Gasteiger partial charge in [-0.05, 0) is 31.0 Å². The van der Waals surface area contributed by atoms with Crippen molar-refractivity contribution in [2.24, 2.45) is 0 Å². The number of nitrogens with one attached hydrogen (secondary N) is 1. The van der Waals surface area contributed by atoms with E-state index in [1.807, 2.05) is 6.07 Å². The van der Waals surface area contributed by atoms with E-state index in [1.54, 1.807) is 18.2 Å². The van der Waals surface area contributed by atoms with Gasteiger partial charge in [-0.1, -0.05) is 32.8 Å². The SMILES string of the molecule is CCCCC(CC)Nc1cccc(C(=O)O)c1. The maximum Gasteiger partial charge on any atom is 0.335 e. The minimum absolute atomic E-state index is 0.334. The van der Waals surface area contributed by atoms with Crippen LogP contribution in [0.2, 0.25) is 0 Å². The van der Waals surface area contributed by atoms with E-state index in [9.17, 15) is 4.79 Å². The fraction of sp³-hybridized carbons (Fsp3) is 0.500. The maximum absolute atomic E-state index is 10.9. The van der Waals surface area contributed by atoms with Crippen LogP contribution in [-0.4, -0.2) is 17.1 Å². The Kier molecular flexibility index (Phi) is 5.53. The van der Waals surface area contributed by atoms with Crippen LogP contribution in [0.5, 0.6) is 0 Å². The molecule has 1 aromatic carbocycles. The molecule has 17 heavy (non-hydrogen) atoms. The molecular formula is C14H21NO2. The first kappa shape index (κ1) is 13.6. The van der Waals surface area contributed by atoms with Gasteiger partial charge in [-0.15, -0.1) is 0 Å². The van der Waals surface area contributed by atoms with Crippen molar-refractivity contribution in [1.29, 1.82) is 0 Å². The Morgan fingerprint density at radius 1 is 1.41 bits per heavy atom. The molecule has 0 aliphatic rings. The summed E-state index contributed by atoms with van der Waals surface area (Å²) in [6.07, 6.45) is 4.57. The van der Waals surface area contributed by atoms with Crippen molar-refractivity contribution >= 4 is 11.7 Å². The van der Waals surface area contributed by atoms with Crippen LogP contribution in [0.4, 0.5) is 5.69 Å². The van der Waals surface area contributed by atoms with Gasteiger partial charge in [0.25, 0.3) is 0 Å². The van der Waals surface area contributed by atoms with Gasteiger partial charge in [0.15, 0.2) is 0 Å². The molecule has 1 atom stereocenters. The average Bonchev–Trinajstić information content (AvgIpc) is 2.34. The number of hydrogen-bond donors (Lipinski definition) is 2. The first-order chi connectivity index (χ1) is 8.17. The summed E-state index contributed by atoms with van der Waals surface area (Å²) in [5, 5.41) is 12.3. The quantitative estimate of drug-likeness (QED) is 0.756. The van der Waals surface area contributed by atoms with Gasteiger partial charge in [0.05, 0.1) is 5.56 Å². The molecule has 0 aromatic heterocycles. The first-order valence-electron chi connectivity index (χ1n) is 6.27. The lowest BCUT2D eigenvalue weighted by Crippen LogP contribution is -2.18. The number of carboxylic acid groups (broad SMARTS) is 1. The third-order valence-corrected chi connectivity index (χ3v) is 2.88. The van der Waals surface area contributed by atoms with E-state index >= 15 is 0 Å². The lowest BCUT2D eigenvalue weighted by atomic mass is 10.1. The molecule has 0 radical (unpaired) electrons. The first-order valence-corrected chi connectivity index (χ1v) is 6.27. The van der Waals surface area contributed by atoms with Crippen LogP contribution in [0.1, 0.15) is 49.9 Å².